The minimum atomic E-state index is -0.557. The van der Waals surface area contributed by atoms with Crippen molar-refractivity contribution in [3.63, 3.8) is 0 Å². The topological polar surface area (TPSA) is 313 Å². The van der Waals surface area contributed by atoms with E-state index in [-0.39, 0.29) is 27.9 Å². The van der Waals surface area contributed by atoms with E-state index in [4.69, 9.17) is 68.9 Å². The van der Waals surface area contributed by atoms with Gasteiger partial charge < -0.3 is 50.4 Å². The summed E-state index contributed by atoms with van der Waals surface area (Å²) in [5.74, 6) is 3.65. The van der Waals surface area contributed by atoms with Gasteiger partial charge in [-0.05, 0) is 164 Å². The molecule has 4 aliphatic rings. The Morgan fingerprint density at radius 2 is 0.787 bits per heavy atom. The summed E-state index contributed by atoms with van der Waals surface area (Å²) in [4.78, 5) is 95.9. The molecule has 16 rings (SSSR count). The van der Waals surface area contributed by atoms with Crippen molar-refractivity contribution in [2.75, 3.05) is 35.6 Å². The highest BCUT2D eigenvalue weighted by Gasteiger charge is 2.35. The number of aromatic amines is 3. The number of nitrogens with one attached hydrogen (secondary N) is 7. The molecule has 29 heteroatoms. The number of aromatic nitrogens is 13. The van der Waals surface area contributed by atoms with E-state index in [1.165, 1.54) is 48.8 Å². The second-order valence-corrected chi connectivity index (χ2v) is 30.4. The van der Waals surface area contributed by atoms with Crippen LogP contribution in [0.1, 0.15) is 124 Å². The lowest BCUT2D eigenvalue weighted by Gasteiger charge is -2.24. The first-order valence-electron chi connectivity index (χ1n) is 35.7. The van der Waals surface area contributed by atoms with Gasteiger partial charge in [0.1, 0.15) is 39.4 Å². The third kappa shape index (κ3) is 18.7. The predicted octanol–water partition coefficient (Wildman–Crippen LogP) is 15.8. The van der Waals surface area contributed by atoms with Crippen LogP contribution in [0.15, 0.2) is 140 Å². The maximum atomic E-state index is 12.7. The fourth-order valence-corrected chi connectivity index (χ4v) is 13.5. The van der Waals surface area contributed by atoms with Crippen molar-refractivity contribution in [2.45, 2.75) is 151 Å². The number of carbonyl (C=O) groups excluding carboxylic acids is 3. The van der Waals surface area contributed by atoms with Crippen LogP contribution in [-0.4, -0.2) is 134 Å². The first-order chi connectivity index (χ1) is 51.8. The van der Waals surface area contributed by atoms with Crippen molar-refractivity contribution < 1.29 is 28.6 Å². The standard InChI is InChI=1S/C26H28N6O2.C21H24ClN5O2.C21H20N6.C11H13Cl2N3O2/c1-26(2,3)34-25(33)32-15-20-22(16-32)30-23(18-7-6-11-27-13-18)31-24(20)28-12-10-17-14-29-21-9-5-4-8-19(17)21;1-21(2,3)29-20(28)27-11-15-17(12-27)25-19(22)26-18(15)23-9-8-13-10-24-16-7-5-4-6-14(13)16;1-2-6-18-16(5-1)14(11-25-18)7-9-24-21-17-12-23-13-19(17)26-20(27-21)15-4-3-8-22-10-15;1-11(2,3)18-10(17)16-4-6-7(5-16)14-9(13)15-8(6)12/h4-9,11,13-14,29H,10,12,15-16H2,1-3H3,(H,28,30,31);4-7,10,24H,8-9,11-12H2,1-3H3,(H,23,25,26);1-6,8,10-11,23,25H,7,9,12-13H2,(H,24,26,27);4-5H2,1-3H3. The molecule has 3 amide bonds. The fraction of sp³-hybridized carbons (Fsp3) is 0.329. The summed E-state index contributed by atoms with van der Waals surface area (Å²) in [7, 11) is 0. The molecule has 7 N–H and O–H groups in total. The Labute approximate surface area is 640 Å². The minimum Gasteiger partial charge on any atom is -0.444 e. The second-order valence-electron chi connectivity index (χ2n) is 29.3. The molecular formula is C79H85Cl3N20O6. The number of hydrogen-bond acceptors (Lipinski definition) is 20. The average Bonchev–Trinajstić information content (AvgIpc) is 1.61. The molecule has 0 atom stereocenters. The molecule has 12 aromatic rings. The molecule has 558 valence electrons. The van der Waals surface area contributed by atoms with Crippen LogP contribution in [0.5, 0.6) is 0 Å². The molecule has 0 bridgehead atoms. The van der Waals surface area contributed by atoms with E-state index >= 15 is 0 Å². The summed E-state index contributed by atoms with van der Waals surface area (Å²) < 4.78 is 16.3. The molecule has 13 heterocycles. The molecule has 0 saturated heterocycles. The Morgan fingerprint density at radius 1 is 0.417 bits per heavy atom. The zero-order valence-corrected chi connectivity index (χ0v) is 63.8. The Morgan fingerprint density at radius 3 is 1.20 bits per heavy atom. The Balaban J connectivity index is 0.000000130. The number of fused-ring (bicyclic) bond motifs is 7. The minimum absolute atomic E-state index is 0.0878. The molecule has 0 aliphatic carbocycles. The summed E-state index contributed by atoms with van der Waals surface area (Å²) in [6, 6.07) is 32.6. The molecule has 0 saturated carbocycles. The third-order valence-corrected chi connectivity index (χ3v) is 18.5. The highest BCUT2D eigenvalue weighted by Crippen LogP contribution is 2.35. The first kappa shape index (κ1) is 75.2. The van der Waals surface area contributed by atoms with Gasteiger partial charge in [0, 0.05) is 142 Å². The average molecular weight is 1520 g/mol. The number of ether oxygens (including phenoxy) is 3. The zero-order chi connectivity index (χ0) is 75.9. The van der Waals surface area contributed by atoms with Gasteiger partial charge in [0.15, 0.2) is 11.6 Å². The lowest BCUT2D eigenvalue weighted by molar-refractivity contribution is 0.0231. The first-order valence-corrected chi connectivity index (χ1v) is 36.8. The molecule has 4 aliphatic heterocycles. The van der Waals surface area contributed by atoms with Crippen LogP contribution in [-0.2, 0) is 85.8 Å². The summed E-state index contributed by atoms with van der Waals surface area (Å²) >= 11 is 17.8. The van der Waals surface area contributed by atoms with E-state index < -0.39 is 22.9 Å². The van der Waals surface area contributed by atoms with E-state index in [1.807, 2.05) is 111 Å². The van der Waals surface area contributed by atoms with Gasteiger partial charge in [-0.2, -0.15) is 0 Å². The molecule has 9 aromatic heterocycles. The van der Waals surface area contributed by atoms with Gasteiger partial charge in [0.05, 0.1) is 62.0 Å². The largest absolute Gasteiger partial charge is 0.444 e. The smallest absolute Gasteiger partial charge is 0.410 e. The predicted molar refractivity (Wildman–Crippen MR) is 418 cm³/mol. The summed E-state index contributed by atoms with van der Waals surface area (Å²) in [5, 5.41) is 18.0. The van der Waals surface area contributed by atoms with E-state index in [0.29, 0.717) is 69.7 Å². The zero-order valence-electron chi connectivity index (χ0n) is 61.6. The van der Waals surface area contributed by atoms with Crippen LogP contribution in [0.2, 0.25) is 15.7 Å². The van der Waals surface area contributed by atoms with E-state index in [1.54, 1.807) is 34.6 Å². The number of nitrogens with zero attached hydrogens (tertiary/aromatic N) is 13. The molecule has 3 aromatic carbocycles. The molecule has 0 unspecified atom stereocenters. The summed E-state index contributed by atoms with van der Waals surface area (Å²) in [5.41, 5.74) is 14.4. The summed E-state index contributed by atoms with van der Waals surface area (Å²) in [6.07, 6.45) is 14.7. The van der Waals surface area contributed by atoms with E-state index in [2.05, 4.69) is 133 Å². The SMILES string of the molecule is CC(C)(C)OC(=O)N1Cc2nc(-c3cccnc3)nc(NCCc3c[nH]c4ccccc34)c2C1.CC(C)(C)OC(=O)N1Cc2nc(Cl)nc(Cl)c2C1.CC(C)(C)OC(=O)N1Cc2nc(Cl)nc(NCCc3c[nH]c4ccccc34)c2C1.c1cncc(-c2nc3c(c(NCCc4c[nH]c5ccccc45)n2)CNC3)c1. The number of pyridine rings is 2. The number of amides is 3. The maximum absolute atomic E-state index is 12.7. The molecule has 0 radical (unpaired) electrons. The third-order valence-electron chi connectivity index (χ3n) is 17.8. The highest BCUT2D eigenvalue weighted by molar-refractivity contribution is 6.32. The molecular weight excluding hydrogens is 1430 g/mol. The Kier molecular flexibility index (Phi) is 22.7. The van der Waals surface area contributed by atoms with Gasteiger partial charge in [0.2, 0.25) is 10.6 Å². The van der Waals surface area contributed by atoms with Crippen LogP contribution in [0.4, 0.5) is 31.8 Å². The Hall–Kier alpha value is -11.1. The van der Waals surface area contributed by atoms with Crippen molar-refractivity contribution in [1.82, 2.24) is 84.8 Å². The number of H-pyrrole nitrogens is 3. The maximum Gasteiger partial charge on any atom is 0.410 e. The van der Waals surface area contributed by atoms with Crippen LogP contribution in [0.25, 0.3) is 55.5 Å². The van der Waals surface area contributed by atoms with Crippen molar-refractivity contribution in [3.05, 3.63) is 218 Å². The van der Waals surface area contributed by atoms with Crippen molar-refractivity contribution in [2.24, 2.45) is 0 Å². The summed E-state index contributed by atoms with van der Waals surface area (Å²) in [6.45, 7) is 22.6. The van der Waals surface area contributed by atoms with Crippen LogP contribution in [0.3, 0.4) is 0 Å². The highest BCUT2D eigenvalue weighted by atomic mass is 35.5. The normalized spacial score (nSPS) is 13.5. The fourth-order valence-electron chi connectivity index (χ4n) is 12.8. The number of para-hydroxylation sites is 3. The van der Waals surface area contributed by atoms with E-state index in [9.17, 15) is 14.4 Å². The lowest BCUT2D eigenvalue weighted by Crippen LogP contribution is -2.33. The molecule has 108 heavy (non-hydrogen) atoms. The molecule has 26 nitrogen and oxygen atoms in total. The van der Waals surface area contributed by atoms with Crippen molar-refractivity contribution in [3.8, 4) is 22.8 Å². The van der Waals surface area contributed by atoms with Gasteiger partial charge in [0.25, 0.3) is 0 Å². The van der Waals surface area contributed by atoms with E-state index in [0.717, 1.165) is 112 Å². The number of halogens is 3. The van der Waals surface area contributed by atoms with Gasteiger partial charge in [-0.3, -0.25) is 24.7 Å². The van der Waals surface area contributed by atoms with Crippen LogP contribution >= 0.6 is 34.8 Å². The number of anilines is 3. The van der Waals surface area contributed by atoms with Crippen LogP contribution < -0.4 is 21.3 Å². The second kappa shape index (κ2) is 32.6. The number of rotatable bonds is 14. The Bertz CT molecular complexity index is 5230. The number of hydrogen-bond donors (Lipinski definition) is 7. The van der Waals surface area contributed by atoms with Gasteiger partial charge in [-0.15, -0.1) is 0 Å². The monoisotopic (exact) mass is 1510 g/mol. The van der Waals surface area contributed by atoms with Crippen molar-refractivity contribution >= 4 is 103 Å². The lowest BCUT2D eigenvalue weighted by atomic mass is 10.1. The quantitative estimate of drug-likeness (QED) is 0.0302. The number of carbonyl (C=O) groups is 3. The van der Waals surface area contributed by atoms with Crippen molar-refractivity contribution in [1.29, 1.82) is 0 Å². The molecule has 0 fully saturated rings. The van der Waals surface area contributed by atoms with Gasteiger partial charge in [-0.1, -0.05) is 66.2 Å². The van der Waals surface area contributed by atoms with Gasteiger partial charge in [-0.25, -0.2) is 54.3 Å². The van der Waals surface area contributed by atoms with Gasteiger partial charge >= 0.3 is 18.3 Å². The number of benzene rings is 3. The van der Waals surface area contributed by atoms with Crippen LogP contribution in [0, 0.1) is 0 Å². The molecule has 0 spiro atoms.